The van der Waals surface area contributed by atoms with Gasteiger partial charge in [-0.1, -0.05) is 31.0 Å². The van der Waals surface area contributed by atoms with E-state index < -0.39 is 0 Å². The van der Waals surface area contributed by atoms with Crippen LogP contribution >= 0.6 is 0 Å². The summed E-state index contributed by atoms with van der Waals surface area (Å²) in [5, 5.41) is 5.67. The lowest BCUT2D eigenvalue weighted by Gasteiger charge is -2.32. The summed E-state index contributed by atoms with van der Waals surface area (Å²) in [6.07, 6.45) is 4.27. The largest absolute Gasteiger partial charge is 0.326 e. The van der Waals surface area contributed by atoms with Gasteiger partial charge in [0.05, 0.1) is 5.92 Å². The molecule has 1 saturated carbocycles. The third-order valence-corrected chi connectivity index (χ3v) is 6.05. The molecule has 0 bridgehead atoms. The molecular formula is C24H27N3O3. The highest BCUT2D eigenvalue weighted by Crippen LogP contribution is 2.36. The van der Waals surface area contributed by atoms with Gasteiger partial charge in [0.2, 0.25) is 17.7 Å². The van der Waals surface area contributed by atoms with Crippen molar-refractivity contribution in [2.75, 3.05) is 22.1 Å². The number of nitrogens with one attached hydrogen (secondary N) is 2. The van der Waals surface area contributed by atoms with Crippen LogP contribution in [0.3, 0.4) is 0 Å². The van der Waals surface area contributed by atoms with E-state index in [0.717, 1.165) is 37.8 Å². The van der Waals surface area contributed by atoms with Gasteiger partial charge < -0.3 is 15.5 Å². The van der Waals surface area contributed by atoms with Crippen LogP contribution in [-0.4, -0.2) is 24.3 Å². The standard InChI is InChI=1S/C24H27N3O3/c1-16(28)25-18-10-12-19(13-11-18)26-23(29)20-7-3-4-8-21(20)24(30)27-15-14-17-6-2-5-9-22(17)27/h2,5-6,9-13,20-21H,3-4,7-8,14-15H2,1H3,(H,25,28)(H,26,29). The van der Waals surface area contributed by atoms with Gasteiger partial charge in [0.25, 0.3) is 0 Å². The van der Waals surface area contributed by atoms with Crippen molar-refractivity contribution in [2.45, 2.75) is 39.0 Å². The summed E-state index contributed by atoms with van der Waals surface area (Å²) in [4.78, 5) is 39.5. The summed E-state index contributed by atoms with van der Waals surface area (Å²) in [6, 6.07) is 15.1. The van der Waals surface area contributed by atoms with E-state index in [1.54, 1.807) is 24.3 Å². The molecule has 30 heavy (non-hydrogen) atoms. The lowest BCUT2D eigenvalue weighted by atomic mass is 9.77. The number of rotatable bonds is 4. The molecule has 4 rings (SSSR count). The van der Waals surface area contributed by atoms with Crippen molar-refractivity contribution in [2.24, 2.45) is 11.8 Å². The first-order chi connectivity index (χ1) is 14.5. The Kier molecular flexibility index (Phi) is 5.84. The van der Waals surface area contributed by atoms with Gasteiger partial charge in [0.15, 0.2) is 0 Å². The molecule has 0 saturated heterocycles. The van der Waals surface area contributed by atoms with E-state index in [-0.39, 0.29) is 29.6 Å². The smallest absolute Gasteiger partial charge is 0.230 e. The van der Waals surface area contributed by atoms with Crippen LogP contribution in [0.2, 0.25) is 0 Å². The van der Waals surface area contributed by atoms with Gasteiger partial charge in [-0.2, -0.15) is 0 Å². The maximum absolute atomic E-state index is 13.4. The molecule has 1 heterocycles. The van der Waals surface area contributed by atoms with Crippen LogP contribution in [0.5, 0.6) is 0 Å². The average molecular weight is 405 g/mol. The molecule has 1 fully saturated rings. The Balaban J connectivity index is 1.46. The van der Waals surface area contributed by atoms with Gasteiger partial charge in [0.1, 0.15) is 0 Å². The first kappa shape index (κ1) is 20.1. The summed E-state index contributed by atoms with van der Waals surface area (Å²) >= 11 is 0. The lowest BCUT2D eigenvalue weighted by molar-refractivity contribution is -0.132. The van der Waals surface area contributed by atoms with Crippen molar-refractivity contribution in [3.63, 3.8) is 0 Å². The van der Waals surface area contributed by atoms with Crippen molar-refractivity contribution < 1.29 is 14.4 Å². The SMILES string of the molecule is CC(=O)Nc1ccc(NC(=O)C2CCCCC2C(=O)N2CCc3ccccc32)cc1. The number of amides is 3. The van der Waals surface area contributed by atoms with Crippen molar-refractivity contribution >= 4 is 34.8 Å². The van der Waals surface area contributed by atoms with Crippen molar-refractivity contribution in [1.29, 1.82) is 0 Å². The molecule has 0 spiro atoms. The highest BCUT2D eigenvalue weighted by atomic mass is 16.2. The maximum Gasteiger partial charge on any atom is 0.230 e. The van der Waals surface area contributed by atoms with Gasteiger partial charge in [0, 0.05) is 36.4 Å². The molecule has 1 aliphatic heterocycles. The van der Waals surface area contributed by atoms with E-state index in [1.165, 1.54) is 12.5 Å². The molecule has 2 unspecified atom stereocenters. The molecule has 2 aromatic carbocycles. The first-order valence-corrected chi connectivity index (χ1v) is 10.6. The quantitative estimate of drug-likeness (QED) is 0.808. The minimum Gasteiger partial charge on any atom is -0.326 e. The van der Waals surface area contributed by atoms with Crippen LogP contribution in [0.15, 0.2) is 48.5 Å². The van der Waals surface area contributed by atoms with Crippen LogP contribution < -0.4 is 15.5 Å². The molecule has 2 aliphatic rings. The lowest BCUT2D eigenvalue weighted by Crippen LogP contribution is -2.43. The van der Waals surface area contributed by atoms with E-state index in [2.05, 4.69) is 16.7 Å². The number of nitrogens with zero attached hydrogens (tertiary/aromatic N) is 1. The normalized spacial score (nSPS) is 20.4. The number of carbonyl (C=O) groups excluding carboxylic acids is 3. The number of hydrogen-bond acceptors (Lipinski definition) is 3. The van der Waals surface area contributed by atoms with Crippen molar-refractivity contribution in [3.05, 3.63) is 54.1 Å². The predicted octanol–water partition coefficient (Wildman–Crippen LogP) is 3.98. The Hall–Kier alpha value is -3.15. The second-order valence-electron chi connectivity index (χ2n) is 8.11. The van der Waals surface area contributed by atoms with Gasteiger partial charge in [-0.15, -0.1) is 0 Å². The Morgan fingerprint density at radius 3 is 2.20 bits per heavy atom. The van der Waals surface area contributed by atoms with E-state index in [9.17, 15) is 14.4 Å². The molecule has 156 valence electrons. The second-order valence-corrected chi connectivity index (χ2v) is 8.11. The fourth-order valence-corrected chi connectivity index (χ4v) is 4.58. The predicted molar refractivity (Wildman–Crippen MR) is 117 cm³/mol. The highest BCUT2D eigenvalue weighted by Gasteiger charge is 2.39. The van der Waals surface area contributed by atoms with Crippen LogP contribution in [0, 0.1) is 11.8 Å². The number of hydrogen-bond donors (Lipinski definition) is 2. The zero-order valence-electron chi connectivity index (χ0n) is 17.2. The van der Waals surface area contributed by atoms with E-state index in [4.69, 9.17) is 0 Å². The molecular weight excluding hydrogens is 378 g/mol. The molecule has 0 aromatic heterocycles. The van der Waals surface area contributed by atoms with Crippen LogP contribution in [0.25, 0.3) is 0 Å². The van der Waals surface area contributed by atoms with Crippen molar-refractivity contribution in [3.8, 4) is 0 Å². The Bertz CT molecular complexity index is 954. The number of carbonyl (C=O) groups is 3. The zero-order valence-corrected chi connectivity index (χ0v) is 17.2. The molecule has 3 amide bonds. The van der Waals surface area contributed by atoms with Gasteiger partial charge in [-0.25, -0.2) is 0 Å². The van der Waals surface area contributed by atoms with Gasteiger partial charge in [-0.05, 0) is 55.2 Å². The first-order valence-electron chi connectivity index (χ1n) is 10.6. The molecule has 2 atom stereocenters. The fourth-order valence-electron chi connectivity index (χ4n) is 4.58. The average Bonchev–Trinajstić information content (AvgIpc) is 3.18. The van der Waals surface area contributed by atoms with Crippen LogP contribution in [-0.2, 0) is 20.8 Å². The Morgan fingerprint density at radius 1 is 0.867 bits per heavy atom. The number of benzene rings is 2. The highest BCUT2D eigenvalue weighted by molar-refractivity contribution is 6.02. The summed E-state index contributed by atoms with van der Waals surface area (Å²) in [7, 11) is 0. The summed E-state index contributed by atoms with van der Waals surface area (Å²) in [6.45, 7) is 2.14. The van der Waals surface area contributed by atoms with Crippen molar-refractivity contribution in [1.82, 2.24) is 0 Å². The molecule has 6 nitrogen and oxygen atoms in total. The fraction of sp³-hybridized carbons (Fsp3) is 0.375. The maximum atomic E-state index is 13.4. The third-order valence-electron chi connectivity index (χ3n) is 6.05. The van der Waals surface area contributed by atoms with E-state index in [0.29, 0.717) is 17.9 Å². The van der Waals surface area contributed by atoms with E-state index >= 15 is 0 Å². The summed E-state index contributed by atoms with van der Waals surface area (Å²) in [5.74, 6) is -0.787. The second kappa shape index (κ2) is 8.69. The zero-order chi connectivity index (χ0) is 21.1. The molecule has 1 aliphatic carbocycles. The Morgan fingerprint density at radius 2 is 1.50 bits per heavy atom. The van der Waals surface area contributed by atoms with Crippen LogP contribution in [0.4, 0.5) is 17.1 Å². The van der Waals surface area contributed by atoms with Gasteiger partial charge >= 0.3 is 0 Å². The third kappa shape index (κ3) is 4.22. The monoisotopic (exact) mass is 405 g/mol. The molecule has 0 radical (unpaired) electrons. The Labute approximate surface area is 176 Å². The minimum atomic E-state index is -0.325. The number of fused-ring (bicyclic) bond motifs is 1. The summed E-state index contributed by atoms with van der Waals surface area (Å²) < 4.78 is 0. The minimum absolute atomic E-state index is 0.0702. The van der Waals surface area contributed by atoms with Crippen LogP contribution in [0.1, 0.15) is 38.2 Å². The molecule has 2 aromatic rings. The molecule has 2 N–H and O–H groups in total. The number of para-hydroxylation sites is 1. The van der Waals surface area contributed by atoms with Gasteiger partial charge in [-0.3, -0.25) is 14.4 Å². The summed E-state index contributed by atoms with van der Waals surface area (Å²) in [5.41, 5.74) is 3.53. The topological polar surface area (TPSA) is 78.5 Å². The molecule has 6 heteroatoms. The number of anilines is 3. The van der Waals surface area contributed by atoms with E-state index in [1.807, 2.05) is 23.1 Å².